The first-order valence-corrected chi connectivity index (χ1v) is 5.65. The van der Waals surface area contributed by atoms with E-state index in [-0.39, 0.29) is 18.1 Å². The smallest absolute Gasteiger partial charge is 0.387 e. The van der Waals surface area contributed by atoms with Gasteiger partial charge in [-0.15, -0.1) is 0 Å². The van der Waals surface area contributed by atoms with Crippen LogP contribution in [-0.2, 0) is 4.79 Å². The van der Waals surface area contributed by atoms with Crippen LogP contribution in [-0.4, -0.2) is 24.3 Å². The number of nitrogens with one attached hydrogen (secondary N) is 1. The first-order valence-electron chi connectivity index (χ1n) is 5.65. The molecule has 19 heavy (non-hydrogen) atoms. The second-order valence-corrected chi connectivity index (χ2v) is 3.72. The molecule has 0 fully saturated rings. The summed E-state index contributed by atoms with van der Waals surface area (Å²) in [6, 6.07) is 4.19. The molecule has 0 saturated heterocycles. The summed E-state index contributed by atoms with van der Waals surface area (Å²) in [4.78, 5) is 11.3. The van der Waals surface area contributed by atoms with Crippen LogP contribution in [0.15, 0.2) is 18.2 Å². The van der Waals surface area contributed by atoms with Gasteiger partial charge in [-0.3, -0.25) is 10.0 Å². The van der Waals surface area contributed by atoms with E-state index in [0.29, 0.717) is 5.56 Å². The molecule has 0 saturated carbocycles. The molecule has 2 N–H and O–H groups in total. The van der Waals surface area contributed by atoms with E-state index in [4.69, 9.17) is 9.94 Å². The molecule has 0 spiro atoms. The molecule has 0 radical (unpaired) electrons. The number of benzene rings is 1. The highest BCUT2D eigenvalue weighted by molar-refractivity contribution is 5.82. The summed E-state index contributed by atoms with van der Waals surface area (Å²) in [6.45, 7) is 0.569. The van der Waals surface area contributed by atoms with Crippen molar-refractivity contribution in [3.05, 3.63) is 23.8 Å². The maximum Gasteiger partial charge on any atom is 0.387 e. The molecule has 1 rings (SSSR count). The van der Waals surface area contributed by atoms with Crippen LogP contribution in [0.5, 0.6) is 11.5 Å². The van der Waals surface area contributed by atoms with E-state index in [1.807, 2.05) is 0 Å². The molecule has 5 nitrogen and oxygen atoms in total. The van der Waals surface area contributed by atoms with Crippen molar-refractivity contribution in [2.75, 3.05) is 6.61 Å². The van der Waals surface area contributed by atoms with Gasteiger partial charge in [-0.05, 0) is 31.5 Å². The van der Waals surface area contributed by atoms with E-state index in [1.54, 1.807) is 13.8 Å². The highest BCUT2D eigenvalue weighted by atomic mass is 19.3. The summed E-state index contributed by atoms with van der Waals surface area (Å²) >= 11 is 0. The average Bonchev–Trinajstić information content (AvgIpc) is 2.38. The van der Waals surface area contributed by atoms with Crippen molar-refractivity contribution >= 4 is 5.91 Å². The van der Waals surface area contributed by atoms with Crippen LogP contribution in [0.3, 0.4) is 0 Å². The van der Waals surface area contributed by atoms with E-state index in [0.717, 1.165) is 0 Å². The number of halogens is 2. The maximum absolute atomic E-state index is 12.2. The molecule has 1 amide bonds. The number of amides is 1. The third-order valence-electron chi connectivity index (χ3n) is 2.49. The number of ether oxygens (including phenoxy) is 2. The van der Waals surface area contributed by atoms with Gasteiger partial charge < -0.3 is 9.47 Å². The van der Waals surface area contributed by atoms with Gasteiger partial charge in [-0.1, -0.05) is 6.07 Å². The van der Waals surface area contributed by atoms with Crippen LogP contribution in [0.1, 0.15) is 25.3 Å². The number of hydrogen-bond acceptors (Lipinski definition) is 4. The lowest BCUT2D eigenvalue weighted by Crippen LogP contribution is -2.24. The predicted octanol–water partition coefficient (Wildman–Crippen LogP) is 2.30. The minimum atomic E-state index is -2.96. The Morgan fingerprint density at radius 3 is 2.63 bits per heavy atom. The van der Waals surface area contributed by atoms with E-state index in [9.17, 15) is 13.6 Å². The van der Waals surface area contributed by atoms with Crippen molar-refractivity contribution < 1.29 is 28.3 Å². The fourth-order valence-electron chi connectivity index (χ4n) is 1.50. The summed E-state index contributed by atoms with van der Waals surface area (Å²) in [5.41, 5.74) is 2.04. The van der Waals surface area contributed by atoms with Gasteiger partial charge in [-0.25, -0.2) is 5.48 Å². The highest BCUT2D eigenvalue weighted by Gasteiger charge is 2.18. The van der Waals surface area contributed by atoms with Gasteiger partial charge in [0.2, 0.25) is 0 Å². The van der Waals surface area contributed by atoms with Gasteiger partial charge in [0.25, 0.3) is 5.91 Å². The van der Waals surface area contributed by atoms with E-state index in [2.05, 4.69) is 4.74 Å². The van der Waals surface area contributed by atoms with Crippen LogP contribution >= 0.6 is 0 Å². The normalized spacial score (nSPS) is 12.1. The molecular formula is C12H15F2NO4. The second-order valence-electron chi connectivity index (χ2n) is 3.72. The Hall–Kier alpha value is -1.89. The van der Waals surface area contributed by atoms with Gasteiger partial charge in [0.1, 0.15) is 0 Å². The lowest BCUT2D eigenvalue weighted by Gasteiger charge is -2.15. The van der Waals surface area contributed by atoms with Gasteiger partial charge >= 0.3 is 6.61 Å². The largest absolute Gasteiger partial charge is 0.490 e. The SMILES string of the molecule is CCOc1cc(C(C)C(=O)NO)ccc1OC(F)F. The van der Waals surface area contributed by atoms with Crippen LogP contribution in [0.4, 0.5) is 8.78 Å². The summed E-state index contributed by atoms with van der Waals surface area (Å²) < 4.78 is 33.9. The summed E-state index contributed by atoms with van der Waals surface area (Å²) in [6.07, 6.45) is 0. The molecule has 0 heterocycles. The second kappa shape index (κ2) is 6.89. The topological polar surface area (TPSA) is 67.8 Å². The number of carbonyl (C=O) groups excluding carboxylic acids is 1. The molecule has 0 aliphatic carbocycles. The van der Waals surface area contributed by atoms with Crippen molar-refractivity contribution in [2.45, 2.75) is 26.4 Å². The molecule has 7 heteroatoms. The molecule has 106 valence electrons. The van der Waals surface area contributed by atoms with E-state index >= 15 is 0 Å². The average molecular weight is 275 g/mol. The number of rotatable bonds is 6. The highest BCUT2D eigenvalue weighted by Crippen LogP contribution is 2.32. The lowest BCUT2D eigenvalue weighted by atomic mass is 10.0. The van der Waals surface area contributed by atoms with Crippen LogP contribution < -0.4 is 15.0 Å². The molecule has 1 unspecified atom stereocenters. The Labute approximate surface area is 109 Å². The Balaban J connectivity index is 3.04. The number of carbonyl (C=O) groups is 1. The molecule has 0 bridgehead atoms. The van der Waals surface area contributed by atoms with Gasteiger partial charge in [0.05, 0.1) is 12.5 Å². The lowest BCUT2D eigenvalue weighted by molar-refractivity contribution is -0.130. The van der Waals surface area contributed by atoms with Crippen LogP contribution in [0.25, 0.3) is 0 Å². The van der Waals surface area contributed by atoms with E-state index < -0.39 is 18.4 Å². The zero-order valence-electron chi connectivity index (χ0n) is 10.5. The van der Waals surface area contributed by atoms with Crippen molar-refractivity contribution in [1.82, 2.24) is 5.48 Å². The summed E-state index contributed by atoms with van der Waals surface area (Å²) in [5, 5.41) is 8.56. The molecular weight excluding hydrogens is 260 g/mol. The minimum Gasteiger partial charge on any atom is -0.490 e. The van der Waals surface area contributed by atoms with Gasteiger partial charge in [0.15, 0.2) is 11.5 Å². The Morgan fingerprint density at radius 1 is 1.42 bits per heavy atom. The summed E-state index contributed by atoms with van der Waals surface area (Å²) in [7, 11) is 0. The van der Waals surface area contributed by atoms with Crippen molar-refractivity contribution in [3.8, 4) is 11.5 Å². The standard InChI is InChI=1S/C12H15F2NO4/c1-3-18-10-6-8(7(2)11(16)15-17)4-5-9(10)19-12(13)14/h4-7,12,17H,3H2,1-2H3,(H,15,16). The fraction of sp³-hybridized carbons (Fsp3) is 0.417. The fourth-order valence-corrected chi connectivity index (χ4v) is 1.50. The van der Waals surface area contributed by atoms with Gasteiger partial charge in [0, 0.05) is 0 Å². The van der Waals surface area contributed by atoms with Crippen LogP contribution in [0.2, 0.25) is 0 Å². The van der Waals surface area contributed by atoms with Gasteiger partial charge in [-0.2, -0.15) is 8.78 Å². The third-order valence-corrected chi connectivity index (χ3v) is 2.49. The molecule has 1 aromatic carbocycles. The number of hydroxylamine groups is 1. The predicted molar refractivity (Wildman–Crippen MR) is 62.6 cm³/mol. The number of alkyl halides is 2. The molecule has 1 atom stereocenters. The first-order chi connectivity index (χ1) is 8.99. The maximum atomic E-state index is 12.2. The Kier molecular flexibility index (Phi) is 5.50. The first kappa shape index (κ1) is 15.2. The number of hydrogen-bond donors (Lipinski definition) is 2. The van der Waals surface area contributed by atoms with Crippen molar-refractivity contribution in [1.29, 1.82) is 0 Å². The van der Waals surface area contributed by atoms with Crippen molar-refractivity contribution in [2.24, 2.45) is 0 Å². The Morgan fingerprint density at radius 2 is 2.11 bits per heavy atom. The van der Waals surface area contributed by atoms with Crippen LogP contribution in [0, 0.1) is 0 Å². The quantitative estimate of drug-likeness (QED) is 0.617. The minimum absolute atomic E-state index is 0.0998. The zero-order valence-corrected chi connectivity index (χ0v) is 10.5. The molecule has 0 aliphatic rings. The Bertz CT molecular complexity index is 440. The monoisotopic (exact) mass is 275 g/mol. The zero-order chi connectivity index (χ0) is 14.4. The molecule has 1 aromatic rings. The molecule has 0 aliphatic heterocycles. The summed E-state index contributed by atoms with van der Waals surface area (Å²) in [5.74, 6) is -1.23. The van der Waals surface area contributed by atoms with E-state index in [1.165, 1.54) is 23.7 Å². The molecule has 0 aromatic heterocycles. The van der Waals surface area contributed by atoms with Crippen molar-refractivity contribution in [3.63, 3.8) is 0 Å². The third kappa shape index (κ3) is 4.06.